The molecule has 2 N–H and O–H groups in total. The van der Waals surface area contributed by atoms with E-state index >= 15 is 0 Å². The summed E-state index contributed by atoms with van der Waals surface area (Å²) in [5.74, 6) is -0.602. The smallest absolute Gasteiger partial charge is 0.285 e. The fourth-order valence-electron chi connectivity index (χ4n) is 2.49. The number of non-ortho nitro benzene ring substituents is 1. The predicted molar refractivity (Wildman–Crippen MR) is 113 cm³/mol. The molecule has 1 fully saturated rings. The Morgan fingerprint density at radius 1 is 1.29 bits per heavy atom. The van der Waals surface area contributed by atoms with Crippen molar-refractivity contribution in [1.82, 2.24) is 9.99 Å². The van der Waals surface area contributed by atoms with Gasteiger partial charge in [0.05, 0.1) is 20.0 Å². The van der Waals surface area contributed by atoms with Crippen molar-refractivity contribution in [2.45, 2.75) is 0 Å². The molecular formula is C17H10N4O4S3. The van der Waals surface area contributed by atoms with Crippen molar-refractivity contribution in [3.8, 4) is 5.75 Å². The van der Waals surface area contributed by atoms with Gasteiger partial charge in [0.2, 0.25) is 5.13 Å². The number of phenolic OH excluding ortho intramolecular Hbond substituents is 1. The summed E-state index contributed by atoms with van der Waals surface area (Å²) < 4.78 is 1.23. The number of aromatic hydroxyl groups is 1. The van der Waals surface area contributed by atoms with Crippen molar-refractivity contribution >= 4 is 72.7 Å². The Kier molecular flexibility index (Phi) is 4.71. The molecule has 28 heavy (non-hydrogen) atoms. The lowest BCUT2D eigenvalue weighted by Gasteiger charge is -2.14. The van der Waals surface area contributed by atoms with E-state index in [4.69, 9.17) is 12.2 Å². The number of nitrogens with one attached hydrogen (secondary N) is 1. The summed E-state index contributed by atoms with van der Waals surface area (Å²) >= 11 is 7.67. The largest absolute Gasteiger partial charge is 0.507 e. The van der Waals surface area contributed by atoms with Gasteiger partial charge in [0.15, 0.2) is 4.32 Å². The van der Waals surface area contributed by atoms with E-state index in [0.717, 1.165) is 22.0 Å². The van der Waals surface area contributed by atoms with Crippen LogP contribution in [0.25, 0.3) is 16.3 Å². The molecule has 0 radical (unpaired) electrons. The molecule has 1 saturated heterocycles. The maximum Gasteiger partial charge on any atom is 0.285 e. The Balaban J connectivity index is 1.61. The number of rotatable bonds is 4. The molecule has 4 rings (SSSR count). The first-order chi connectivity index (χ1) is 13.4. The molecule has 0 spiro atoms. The number of aromatic nitrogens is 1. The number of fused-ring (bicyclic) bond motifs is 1. The second kappa shape index (κ2) is 7.19. The van der Waals surface area contributed by atoms with Crippen molar-refractivity contribution in [3.63, 3.8) is 0 Å². The molecule has 0 aliphatic carbocycles. The van der Waals surface area contributed by atoms with E-state index in [9.17, 15) is 20.0 Å². The third kappa shape index (κ3) is 3.42. The zero-order valence-corrected chi connectivity index (χ0v) is 16.3. The minimum atomic E-state index is -0.573. The number of nitrogens with zero attached hydrogens (tertiary/aromatic N) is 3. The summed E-state index contributed by atoms with van der Waals surface area (Å²) in [5, 5.41) is 22.6. The Hall–Kier alpha value is -3.02. The lowest BCUT2D eigenvalue weighted by Crippen LogP contribution is -2.33. The topological polar surface area (TPSA) is 109 Å². The number of benzene rings is 2. The molecule has 0 saturated carbocycles. The van der Waals surface area contributed by atoms with Gasteiger partial charge in [0, 0.05) is 17.7 Å². The summed E-state index contributed by atoms with van der Waals surface area (Å²) in [5.41, 5.74) is 3.68. The number of para-hydroxylation sites is 1. The lowest BCUT2D eigenvalue weighted by atomic mass is 10.1. The monoisotopic (exact) mass is 430 g/mol. The molecule has 140 valence electrons. The number of thiocarbonyl (C=S) groups is 1. The van der Waals surface area contributed by atoms with E-state index < -0.39 is 10.8 Å². The van der Waals surface area contributed by atoms with Crippen LogP contribution < -0.4 is 5.43 Å². The molecule has 0 bridgehead atoms. The van der Waals surface area contributed by atoms with Gasteiger partial charge in [-0.1, -0.05) is 35.2 Å². The van der Waals surface area contributed by atoms with Crippen molar-refractivity contribution in [2.24, 2.45) is 0 Å². The van der Waals surface area contributed by atoms with E-state index in [0.29, 0.717) is 5.13 Å². The van der Waals surface area contributed by atoms with Crippen LogP contribution in [0.1, 0.15) is 5.56 Å². The van der Waals surface area contributed by atoms with Crippen LogP contribution in [-0.4, -0.2) is 30.3 Å². The van der Waals surface area contributed by atoms with Crippen LogP contribution in [0.5, 0.6) is 5.75 Å². The highest BCUT2D eigenvalue weighted by Crippen LogP contribution is 2.36. The van der Waals surface area contributed by atoms with Crippen LogP contribution in [0.15, 0.2) is 47.4 Å². The fourth-order valence-corrected chi connectivity index (χ4v) is 4.52. The molecule has 11 heteroatoms. The van der Waals surface area contributed by atoms with Gasteiger partial charge in [0.1, 0.15) is 5.75 Å². The number of anilines is 1. The number of carbonyl (C=O) groups is 1. The summed E-state index contributed by atoms with van der Waals surface area (Å²) in [7, 11) is 0. The van der Waals surface area contributed by atoms with E-state index in [-0.39, 0.29) is 26.2 Å². The van der Waals surface area contributed by atoms with Crippen molar-refractivity contribution < 1.29 is 14.8 Å². The van der Waals surface area contributed by atoms with Crippen LogP contribution in [0.4, 0.5) is 10.8 Å². The second-order valence-corrected chi connectivity index (χ2v) is 8.32. The molecule has 1 aromatic heterocycles. The normalized spacial score (nSPS) is 15.6. The van der Waals surface area contributed by atoms with Gasteiger partial charge >= 0.3 is 0 Å². The Labute approximate surface area is 171 Å². The fraction of sp³-hybridized carbons (Fsp3) is 0. The van der Waals surface area contributed by atoms with Gasteiger partial charge < -0.3 is 5.11 Å². The zero-order chi connectivity index (χ0) is 19.8. The Morgan fingerprint density at radius 2 is 2.07 bits per heavy atom. The minimum Gasteiger partial charge on any atom is -0.507 e. The van der Waals surface area contributed by atoms with Crippen LogP contribution in [0.3, 0.4) is 0 Å². The van der Waals surface area contributed by atoms with Gasteiger partial charge in [0.25, 0.3) is 11.6 Å². The molecule has 1 aliphatic heterocycles. The number of nitro groups is 1. The van der Waals surface area contributed by atoms with Gasteiger partial charge in [-0.15, -0.1) is 0 Å². The van der Waals surface area contributed by atoms with Crippen molar-refractivity contribution in [2.75, 3.05) is 5.43 Å². The third-order valence-electron chi connectivity index (χ3n) is 3.80. The van der Waals surface area contributed by atoms with E-state index in [1.54, 1.807) is 0 Å². The summed E-state index contributed by atoms with van der Waals surface area (Å²) in [4.78, 5) is 27.7. The average Bonchev–Trinajstić information content (AvgIpc) is 3.19. The number of hydrazine groups is 1. The first-order valence-electron chi connectivity index (χ1n) is 7.80. The van der Waals surface area contributed by atoms with E-state index in [2.05, 4.69) is 10.4 Å². The molecule has 3 aromatic rings. The highest BCUT2D eigenvalue weighted by atomic mass is 32.2. The summed E-state index contributed by atoms with van der Waals surface area (Å²) in [6.07, 6.45) is 1.38. The van der Waals surface area contributed by atoms with Gasteiger partial charge in [-0.25, -0.2) is 4.98 Å². The molecule has 2 aromatic carbocycles. The number of nitro benzene ring substituents is 1. The zero-order valence-electron chi connectivity index (χ0n) is 13.9. The highest BCUT2D eigenvalue weighted by molar-refractivity contribution is 8.26. The van der Waals surface area contributed by atoms with Crippen LogP contribution in [-0.2, 0) is 4.79 Å². The van der Waals surface area contributed by atoms with E-state index in [1.807, 2.05) is 24.3 Å². The molecule has 1 aliphatic rings. The molecule has 0 atom stereocenters. The maximum absolute atomic E-state index is 12.7. The molecule has 1 amide bonds. The average molecular weight is 430 g/mol. The standard InChI is InChI=1S/C17H10N4O4S3/c22-12-6-5-10(21(24)25)7-9(12)8-14-15(23)20(17(26)28-14)19-16-18-11-3-1-2-4-13(11)27-16/h1-8,22H,(H,18,19). The number of hydrogen-bond donors (Lipinski definition) is 2. The number of phenols is 1. The van der Waals surface area contributed by atoms with Crippen molar-refractivity contribution in [1.29, 1.82) is 0 Å². The molecule has 8 nitrogen and oxygen atoms in total. The first-order valence-corrected chi connectivity index (χ1v) is 9.84. The Bertz CT molecular complexity index is 1140. The first kappa shape index (κ1) is 18.3. The van der Waals surface area contributed by atoms with Gasteiger partial charge in [-0.3, -0.25) is 20.3 Å². The summed E-state index contributed by atoms with van der Waals surface area (Å²) in [6, 6.07) is 11.2. The van der Waals surface area contributed by atoms with Gasteiger partial charge in [-0.05, 0) is 36.5 Å². The number of hydrogen-bond acceptors (Lipinski definition) is 9. The minimum absolute atomic E-state index is 0.162. The van der Waals surface area contributed by atoms with E-state index in [1.165, 1.54) is 40.6 Å². The Morgan fingerprint density at radius 3 is 2.82 bits per heavy atom. The number of carbonyl (C=O) groups excluding carboxylic acids is 1. The SMILES string of the molecule is O=C1C(=Cc2cc([N+](=O)[O-])ccc2O)SC(=S)N1Nc1nc2ccccc2s1. The predicted octanol–water partition coefficient (Wildman–Crippen LogP) is 4.14. The van der Waals surface area contributed by atoms with Crippen LogP contribution >= 0.6 is 35.3 Å². The van der Waals surface area contributed by atoms with Crippen LogP contribution in [0.2, 0.25) is 0 Å². The molecule has 2 heterocycles. The van der Waals surface area contributed by atoms with Gasteiger partial charge in [-0.2, -0.15) is 5.01 Å². The quantitative estimate of drug-likeness (QED) is 0.275. The maximum atomic E-state index is 12.7. The number of thiazole rings is 1. The van der Waals surface area contributed by atoms with Crippen LogP contribution in [0, 0.1) is 10.1 Å². The number of thioether (sulfide) groups is 1. The second-order valence-electron chi connectivity index (χ2n) is 5.62. The lowest BCUT2D eigenvalue weighted by molar-refractivity contribution is -0.384. The highest BCUT2D eigenvalue weighted by Gasteiger charge is 2.33. The molecular weight excluding hydrogens is 420 g/mol. The third-order valence-corrected chi connectivity index (χ3v) is 6.05. The number of amides is 1. The molecule has 0 unspecified atom stereocenters. The summed E-state index contributed by atoms with van der Waals surface area (Å²) in [6.45, 7) is 0. The van der Waals surface area contributed by atoms with Crippen molar-refractivity contribution in [3.05, 3.63) is 63.0 Å².